The number of alkyl halides is 3. The summed E-state index contributed by atoms with van der Waals surface area (Å²) < 4.78 is 44.8. The van der Waals surface area contributed by atoms with Crippen LogP contribution in [-0.2, 0) is 6.18 Å². The largest absolute Gasteiger partial charge is 0.472 e. The quantitative estimate of drug-likeness (QED) is 0.422. The molecule has 3 atom stereocenters. The van der Waals surface area contributed by atoms with E-state index in [1.807, 2.05) is 6.92 Å². The number of likely N-dealkylation sites (N-methyl/N-ethyl adjacent to an activating group) is 1. The zero-order valence-electron chi connectivity index (χ0n) is 23.2. The lowest BCUT2D eigenvalue weighted by Crippen LogP contribution is -2.50. The average molecular weight is 582 g/mol. The Labute approximate surface area is 241 Å². The van der Waals surface area contributed by atoms with Crippen molar-refractivity contribution < 1.29 is 32.6 Å². The third-order valence-corrected chi connectivity index (χ3v) is 7.13. The number of aromatic nitrogens is 1. The topological polar surface area (TPSA) is 119 Å². The number of ether oxygens (including phenoxy) is 1. The summed E-state index contributed by atoms with van der Waals surface area (Å²) in [5.41, 5.74) is 1.42. The lowest BCUT2D eigenvalue weighted by Gasteiger charge is -2.37. The van der Waals surface area contributed by atoms with Gasteiger partial charge in [0.15, 0.2) is 0 Å². The van der Waals surface area contributed by atoms with Crippen molar-refractivity contribution in [2.45, 2.75) is 32.2 Å². The number of benzene rings is 2. The van der Waals surface area contributed by atoms with E-state index in [0.717, 1.165) is 17.7 Å². The molecule has 3 amide bonds. The maximum absolute atomic E-state index is 13.7. The number of aliphatic hydroxyl groups excluding tert-OH is 1. The minimum Gasteiger partial charge on any atom is -0.472 e. The molecule has 42 heavy (non-hydrogen) atoms. The Balaban J connectivity index is 1.58. The number of carbonyl (C=O) groups excluding carboxylic acids is 2. The monoisotopic (exact) mass is 581 g/mol. The van der Waals surface area contributed by atoms with Crippen LogP contribution in [0.4, 0.5) is 23.7 Å². The molecule has 0 aliphatic carbocycles. The molecule has 2 heterocycles. The zero-order chi connectivity index (χ0) is 30.6. The Morgan fingerprint density at radius 1 is 1.21 bits per heavy atom. The van der Waals surface area contributed by atoms with E-state index in [0.29, 0.717) is 11.1 Å². The van der Waals surface area contributed by atoms with Crippen molar-refractivity contribution in [1.82, 2.24) is 14.8 Å². The molecule has 9 nitrogen and oxygen atoms in total. The summed E-state index contributed by atoms with van der Waals surface area (Å²) in [4.78, 5) is 33.9. The molecule has 2 aromatic carbocycles. The van der Waals surface area contributed by atoms with Crippen LogP contribution >= 0.6 is 0 Å². The number of nitriles is 1. The van der Waals surface area contributed by atoms with E-state index < -0.39 is 29.9 Å². The summed E-state index contributed by atoms with van der Waals surface area (Å²) in [7, 11) is 1.52. The molecule has 2 N–H and O–H groups in total. The molecule has 0 radical (unpaired) electrons. The van der Waals surface area contributed by atoms with Crippen LogP contribution in [-0.4, -0.2) is 70.7 Å². The number of halogens is 3. The summed E-state index contributed by atoms with van der Waals surface area (Å²) in [6.07, 6.45) is -3.56. The van der Waals surface area contributed by atoms with Gasteiger partial charge in [0.1, 0.15) is 11.7 Å². The number of amides is 3. The molecular formula is C30H30F3N5O4. The third-order valence-electron chi connectivity index (χ3n) is 7.13. The standard InChI is InChI=1S/C30H30F3N5O4/c1-18-15-38(19(2)17-39)28(40)25-12-22(21-6-4-20(13-34)5-7-21)14-35-27(25)42-26(18)16-37(3)29(41)36-24-10-8-23(9-11-24)30(31,32)33/h4-12,14,18-19,26,39H,15-17H2,1-3H3,(H,36,41)/t18-,19+,26+/m0/s1. The van der Waals surface area contributed by atoms with E-state index in [4.69, 9.17) is 10.00 Å². The number of fused-ring (bicyclic) bond motifs is 1. The Bertz CT molecular complexity index is 1470. The van der Waals surface area contributed by atoms with Gasteiger partial charge in [0, 0.05) is 37.0 Å². The van der Waals surface area contributed by atoms with Gasteiger partial charge in [0.25, 0.3) is 5.91 Å². The molecule has 220 valence electrons. The van der Waals surface area contributed by atoms with Gasteiger partial charge >= 0.3 is 12.2 Å². The second-order valence-corrected chi connectivity index (χ2v) is 10.3. The van der Waals surface area contributed by atoms with Crippen LogP contribution in [0, 0.1) is 17.2 Å². The first-order valence-corrected chi connectivity index (χ1v) is 13.2. The first-order valence-electron chi connectivity index (χ1n) is 13.2. The highest BCUT2D eigenvalue weighted by Gasteiger charge is 2.35. The van der Waals surface area contributed by atoms with Crippen LogP contribution in [0.3, 0.4) is 0 Å². The van der Waals surface area contributed by atoms with Crippen molar-refractivity contribution in [3.05, 3.63) is 77.5 Å². The Hall–Kier alpha value is -4.63. The van der Waals surface area contributed by atoms with Crippen molar-refractivity contribution in [2.75, 3.05) is 32.1 Å². The van der Waals surface area contributed by atoms with Gasteiger partial charge in [0.2, 0.25) is 5.88 Å². The van der Waals surface area contributed by atoms with E-state index in [2.05, 4.69) is 16.4 Å². The smallest absolute Gasteiger partial charge is 0.416 e. The van der Waals surface area contributed by atoms with Crippen LogP contribution in [0.15, 0.2) is 60.8 Å². The predicted octanol–water partition coefficient (Wildman–Crippen LogP) is 5.02. The molecule has 12 heteroatoms. The summed E-state index contributed by atoms with van der Waals surface area (Å²) in [6, 6.07) is 13.6. The van der Waals surface area contributed by atoms with Gasteiger partial charge in [-0.05, 0) is 55.0 Å². The van der Waals surface area contributed by atoms with Crippen molar-refractivity contribution in [2.24, 2.45) is 5.92 Å². The van der Waals surface area contributed by atoms with Gasteiger partial charge in [-0.1, -0.05) is 19.1 Å². The lowest BCUT2D eigenvalue weighted by atomic mass is 9.99. The van der Waals surface area contributed by atoms with Crippen LogP contribution in [0.25, 0.3) is 11.1 Å². The minimum atomic E-state index is -4.49. The van der Waals surface area contributed by atoms with Crippen molar-refractivity contribution >= 4 is 17.6 Å². The third kappa shape index (κ3) is 6.80. The number of nitrogens with one attached hydrogen (secondary N) is 1. The number of nitrogens with zero attached hydrogens (tertiary/aromatic N) is 4. The number of pyridine rings is 1. The van der Waals surface area contributed by atoms with Crippen LogP contribution < -0.4 is 10.1 Å². The van der Waals surface area contributed by atoms with Gasteiger partial charge in [0.05, 0.1) is 36.4 Å². The molecule has 0 unspecified atom stereocenters. The maximum atomic E-state index is 13.7. The Morgan fingerprint density at radius 3 is 2.48 bits per heavy atom. The first-order chi connectivity index (χ1) is 19.9. The molecule has 0 fully saturated rings. The summed E-state index contributed by atoms with van der Waals surface area (Å²) in [6.45, 7) is 3.61. The first kappa shape index (κ1) is 30.3. The van der Waals surface area contributed by atoms with Crippen molar-refractivity contribution in [3.8, 4) is 23.1 Å². The molecule has 1 aliphatic heterocycles. The minimum absolute atomic E-state index is 0.0700. The SMILES string of the molecule is C[C@H](CO)N1C[C@H](C)[C@@H](CN(C)C(=O)Nc2ccc(C(F)(F)F)cc2)Oc2ncc(-c3ccc(C#N)cc3)cc2C1=O. The lowest BCUT2D eigenvalue weighted by molar-refractivity contribution is -0.137. The molecular weight excluding hydrogens is 551 g/mol. The highest BCUT2D eigenvalue weighted by molar-refractivity contribution is 5.98. The fourth-order valence-electron chi connectivity index (χ4n) is 4.53. The molecule has 0 bridgehead atoms. The van der Waals surface area contributed by atoms with Crippen LogP contribution in [0.1, 0.15) is 35.3 Å². The molecule has 1 aliphatic rings. The summed E-state index contributed by atoms with van der Waals surface area (Å²) in [5.74, 6) is -0.591. The predicted molar refractivity (Wildman–Crippen MR) is 149 cm³/mol. The number of urea groups is 1. The second kappa shape index (κ2) is 12.5. The molecule has 1 aromatic heterocycles. The molecule has 4 rings (SSSR count). The van der Waals surface area contributed by atoms with E-state index in [-0.39, 0.29) is 48.7 Å². The number of carbonyl (C=O) groups is 2. The number of aliphatic hydroxyl groups is 1. The zero-order valence-corrected chi connectivity index (χ0v) is 23.2. The highest BCUT2D eigenvalue weighted by atomic mass is 19.4. The van der Waals surface area contributed by atoms with Crippen molar-refractivity contribution in [1.29, 1.82) is 5.26 Å². The second-order valence-electron chi connectivity index (χ2n) is 10.3. The van der Waals surface area contributed by atoms with Gasteiger partial charge in [-0.15, -0.1) is 0 Å². The van der Waals surface area contributed by atoms with Crippen LogP contribution in [0.5, 0.6) is 5.88 Å². The Kier molecular flexibility index (Phi) is 9.02. The van der Waals surface area contributed by atoms with Crippen molar-refractivity contribution in [3.63, 3.8) is 0 Å². The molecule has 0 spiro atoms. The van der Waals surface area contributed by atoms with Gasteiger partial charge in [-0.3, -0.25) is 4.79 Å². The summed E-state index contributed by atoms with van der Waals surface area (Å²) in [5, 5.41) is 21.6. The van der Waals surface area contributed by atoms with Gasteiger partial charge in [-0.25, -0.2) is 9.78 Å². The Morgan fingerprint density at radius 2 is 1.88 bits per heavy atom. The van der Waals surface area contributed by atoms with Gasteiger partial charge in [-0.2, -0.15) is 18.4 Å². The highest BCUT2D eigenvalue weighted by Crippen LogP contribution is 2.31. The molecule has 3 aromatic rings. The fraction of sp³-hybridized carbons (Fsp3) is 0.333. The average Bonchev–Trinajstić information content (AvgIpc) is 2.98. The number of hydrogen-bond acceptors (Lipinski definition) is 6. The number of anilines is 1. The summed E-state index contributed by atoms with van der Waals surface area (Å²) >= 11 is 0. The van der Waals surface area contributed by atoms with Gasteiger partial charge < -0.3 is 25.0 Å². The van der Waals surface area contributed by atoms with E-state index in [1.54, 1.807) is 48.4 Å². The normalized spacial score (nSPS) is 17.7. The molecule has 0 saturated heterocycles. The van der Waals surface area contributed by atoms with E-state index >= 15 is 0 Å². The molecule has 0 saturated carbocycles. The fourth-order valence-corrected chi connectivity index (χ4v) is 4.53. The maximum Gasteiger partial charge on any atom is 0.416 e. The number of rotatable bonds is 6. The van der Waals surface area contributed by atoms with E-state index in [9.17, 15) is 27.9 Å². The number of hydrogen-bond donors (Lipinski definition) is 2. The van der Waals surface area contributed by atoms with E-state index in [1.165, 1.54) is 24.1 Å². The van der Waals surface area contributed by atoms with Crippen LogP contribution in [0.2, 0.25) is 0 Å².